The highest BCUT2D eigenvalue weighted by Crippen LogP contribution is 2.39. The lowest BCUT2D eigenvalue weighted by atomic mass is 9.90. The molecule has 20 heavy (non-hydrogen) atoms. The third-order valence-corrected chi connectivity index (χ3v) is 5.03. The highest BCUT2D eigenvalue weighted by molar-refractivity contribution is 7.19. The minimum atomic E-state index is -0.467. The number of hydrogen-bond donors (Lipinski definition) is 1. The molecule has 0 bridgehead atoms. The quantitative estimate of drug-likeness (QED) is 0.801. The minimum absolute atomic E-state index is 0.467. The third kappa shape index (κ3) is 1.64. The number of thiophene rings is 1. The van der Waals surface area contributed by atoms with Crippen LogP contribution in [0.25, 0.3) is 10.2 Å². The predicted octanol–water partition coefficient (Wildman–Crippen LogP) is 1.98. The molecule has 1 aliphatic carbocycles. The highest BCUT2D eigenvalue weighted by Gasteiger charge is 2.40. The Labute approximate surface area is 119 Å². The van der Waals surface area contributed by atoms with E-state index in [2.05, 4.69) is 17.1 Å². The molecule has 0 unspecified atom stereocenters. The summed E-state index contributed by atoms with van der Waals surface area (Å²) >= 11 is 1.36. The molecule has 1 spiro atoms. The lowest BCUT2D eigenvalue weighted by Crippen LogP contribution is -2.37. The third-order valence-electron chi connectivity index (χ3n) is 4.01. The zero-order valence-electron chi connectivity index (χ0n) is 10.8. The summed E-state index contributed by atoms with van der Waals surface area (Å²) in [5, 5.41) is 9.94. The van der Waals surface area contributed by atoms with Crippen LogP contribution in [-0.2, 0) is 22.3 Å². The number of nitrogen functional groups attached to an aromatic ring is 1. The summed E-state index contributed by atoms with van der Waals surface area (Å²) in [6.07, 6.45) is 2.39. The Kier molecular flexibility index (Phi) is 2.51. The first-order valence-corrected chi connectivity index (χ1v) is 7.41. The van der Waals surface area contributed by atoms with Crippen LogP contribution in [0.5, 0.6) is 0 Å². The van der Waals surface area contributed by atoms with Crippen LogP contribution in [0.1, 0.15) is 22.6 Å². The Balaban J connectivity index is 1.84. The number of rotatable bonds is 0. The fourth-order valence-corrected chi connectivity index (χ4v) is 3.90. The van der Waals surface area contributed by atoms with E-state index in [1.807, 2.05) is 0 Å². The molecule has 1 fully saturated rings. The zero-order chi connectivity index (χ0) is 13.7. The maximum atomic E-state index is 9.06. The smallest absolute Gasteiger partial charge is 0.172 e. The van der Waals surface area contributed by atoms with Gasteiger partial charge in [0.15, 0.2) is 5.79 Å². The SMILES string of the molecule is N#Cc1sc2nc3c(cc2c1N)CC1(CC3)OCCO1. The van der Waals surface area contributed by atoms with Gasteiger partial charge in [-0.3, -0.25) is 0 Å². The first kappa shape index (κ1) is 12.1. The molecule has 0 saturated carbocycles. The zero-order valence-corrected chi connectivity index (χ0v) is 11.6. The summed E-state index contributed by atoms with van der Waals surface area (Å²) in [6.45, 7) is 1.31. The van der Waals surface area contributed by atoms with Gasteiger partial charge >= 0.3 is 0 Å². The Morgan fingerprint density at radius 2 is 2.20 bits per heavy atom. The van der Waals surface area contributed by atoms with E-state index in [1.54, 1.807) is 0 Å². The first-order chi connectivity index (χ1) is 9.71. The number of hydrogen-bond acceptors (Lipinski definition) is 6. The fourth-order valence-electron chi connectivity index (χ4n) is 3.00. The van der Waals surface area contributed by atoms with E-state index in [4.69, 9.17) is 20.5 Å². The summed E-state index contributed by atoms with van der Waals surface area (Å²) in [5.41, 5.74) is 8.75. The molecule has 2 aliphatic rings. The van der Waals surface area contributed by atoms with Crippen molar-refractivity contribution in [2.75, 3.05) is 18.9 Å². The van der Waals surface area contributed by atoms with Crippen molar-refractivity contribution in [1.29, 1.82) is 5.26 Å². The van der Waals surface area contributed by atoms with E-state index < -0.39 is 5.79 Å². The Morgan fingerprint density at radius 1 is 1.40 bits per heavy atom. The van der Waals surface area contributed by atoms with Crippen LogP contribution in [0.3, 0.4) is 0 Å². The molecule has 102 valence electrons. The van der Waals surface area contributed by atoms with Gasteiger partial charge in [0.1, 0.15) is 15.8 Å². The van der Waals surface area contributed by atoms with Crippen LogP contribution in [-0.4, -0.2) is 24.0 Å². The molecule has 0 atom stereocenters. The normalized spacial score (nSPS) is 20.1. The molecular weight excluding hydrogens is 274 g/mol. The second-order valence-corrected chi connectivity index (χ2v) is 6.19. The van der Waals surface area contributed by atoms with Crippen molar-refractivity contribution in [3.63, 3.8) is 0 Å². The highest BCUT2D eigenvalue weighted by atomic mass is 32.1. The van der Waals surface area contributed by atoms with E-state index in [1.165, 1.54) is 11.3 Å². The molecule has 2 N–H and O–H groups in total. The molecule has 5 nitrogen and oxygen atoms in total. The van der Waals surface area contributed by atoms with E-state index in [-0.39, 0.29) is 0 Å². The molecular formula is C14H13N3O2S. The molecule has 0 amide bonds. The minimum Gasteiger partial charge on any atom is -0.396 e. The van der Waals surface area contributed by atoms with Crippen LogP contribution < -0.4 is 5.73 Å². The van der Waals surface area contributed by atoms with Gasteiger partial charge in [-0.05, 0) is 18.1 Å². The van der Waals surface area contributed by atoms with Crippen LogP contribution >= 0.6 is 11.3 Å². The van der Waals surface area contributed by atoms with Gasteiger partial charge in [0.2, 0.25) is 0 Å². The van der Waals surface area contributed by atoms with Gasteiger partial charge in [-0.2, -0.15) is 5.26 Å². The molecule has 0 aromatic carbocycles. The maximum Gasteiger partial charge on any atom is 0.172 e. The number of ether oxygens (including phenoxy) is 2. The van der Waals surface area contributed by atoms with Gasteiger partial charge in [0.05, 0.1) is 18.9 Å². The van der Waals surface area contributed by atoms with Crippen LogP contribution in [0.2, 0.25) is 0 Å². The Hall–Kier alpha value is -1.68. The monoisotopic (exact) mass is 287 g/mol. The fraction of sp³-hybridized carbons (Fsp3) is 0.429. The van der Waals surface area contributed by atoms with Crippen molar-refractivity contribution in [3.05, 3.63) is 22.2 Å². The van der Waals surface area contributed by atoms with Crippen molar-refractivity contribution >= 4 is 27.2 Å². The average Bonchev–Trinajstić information content (AvgIpc) is 3.03. The maximum absolute atomic E-state index is 9.06. The lowest BCUT2D eigenvalue weighted by Gasteiger charge is -2.32. The molecule has 2 aromatic heterocycles. The standard InChI is InChI=1S/C14H13N3O2S/c15-7-11-12(16)9-5-8-6-14(18-3-4-19-14)2-1-10(8)17-13(9)20-11/h5H,1-4,6,16H2. The predicted molar refractivity (Wildman–Crippen MR) is 75.4 cm³/mol. The molecule has 4 rings (SSSR count). The number of pyridine rings is 1. The number of anilines is 1. The van der Waals surface area contributed by atoms with Crippen molar-refractivity contribution in [3.8, 4) is 6.07 Å². The van der Waals surface area contributed by atoms with Crippen molar-refractivity contribution in [2.24, 2.45) is 0 Å². The number of nitrogens with two attached hydrogens (primary N) is 1. The number of aromatic nitrogens is 1. The molecule has 3 heterocycles. The average molecular weight is 287 g/mol. The molecule has 0 radical (unpaired) electrons. The number of nitrogens with zero attached hydrogens (tertiary/aromatic N) is 2. The first-order valence-electron chi connectivity index (χ1n) is 6.59. The van der Waals surface area contributed by atoms with Crippen LogP contribution in [0.4, 0.5) is 5.69 Å². The van der Waals surface area contributed by atoms with Gasteiger partial charge < -0.3 is 15.2 Å². The van der Waals surface area contributed by atoms with Gasteiger partial charge in [-0.1, -0.05) is 0 Å². The van der Waals surface area contributed by atoms with Gasteiger partial charge in [0, 0.05) is 23.9 Å². The molecule has 1 saturated heterocycles. The van der Waals surface area contributed by atoms with Gasteiger partial charge in [0.25, 0.3) is 0 Å². The van der Waals surface area contributed by atoms with E-state index in [9.17, 15) is 0 Å². The molecule has 2 aromatic rings. The number of nitriles is 1. The summed E-state index contributed by atoms with van der Waals surface area (Å²) < 4.78 is 11.6. The van der Waals surface area contributed by atoms with E-state index in [0.717, 1.165) is 34.3 Å². The van der Waals surface area contributed by atoms with Crippen molar-refractivity contribution < 1.29 is 9.47 Å². The van der Waals surface area contributed by atoms with Gasteiger partial charge in [-0.25, -0.2) is 4.98 Å². The number of fused-ring (bicyclic) bond motifs is 2. The Morgan fingerprint density at radius 3 is 2.95 bits per heavy atom. The lowest BCUT2D eigenvalue weighted by molar-refractivity contribution is -0.164. The van der Waals surface area contributed by atoms with E-state index >= 15 is 0 Å². The summed E-state index contributed by atoms with van der Waals surface area (Å²) in [5.74, 6) is -0.467. The summed E-state index contributed by atoms with van der Waals surface area (Å²) in [4.78, 5) is 6.06. The van der Waals surface area contributed by atoms with Crippen molar-refractivity contribution in [1.82, 2.24) is 4.98 Å². The van der Waals surface area contributed by atoms with Crippen molar-refractivity contribution in [2.45, 2.75) is 25.0 Å². The Bertz CT molecular complexity index is 741. The molecule has 1 aliphatic heterocycles. The second-order valence-electron chi connectivity index (χ2n) is 5.19. The topological polar surface area (TPSA) is 81.2 Å². The number of aryl methyl sites for hydroxylation is 1. The summed E-state index contributed by atoms with van der Waals surface area (Å²) in [7, 11) is 0. The van der Waals surface area contributed by atoms with Crippen LogP contribution in [0.15, 0.2) is 6.07 Å². The van der Waals surface area contributed by atoms with Gasteiger partial charge in [-0.15, -0.1) is 11.3 Å². The summed E-state index contributed by atoms with van der Waals surface area (Å²) in [6, 6.07) is 4.18. The second kappa shape index (κ2) is 4.16. The van der Waals surface area contributed by atoms with Crippen LogP contribution in [0, 0.1) is 11.3 Å². The largest absolute Gasteiger partial charge is 0.396 e. The van der Waals surface area contributed by atoms with E-state index in [0.29, 0.717) is 30.2 Å². The molecule has 6 heteroatoms.